The van der Waals surface area contributed by atoms with Crippen molar-refractivity contribution >= 4 is 6.29 Å². The molecule has 0 fully saturated rings. The van der Waals surface area contributed by atoms with Crippen molar-refractivity contribution in [3.05, 3.63) is 35.9 Å². The van der Waals surface area contributed by atoms with Crippen LogP contribution in [0.15, 0.2) is 29.0 Å². The van der Waals surface area contributed by atoms with E-state index in [0.29, 0.717) is 17.9 Å². The lowest BCUT2D eigenvalue weighted by atomic mass is 10.1. The Balaban J connectivity index is 2.22. The minimum Gasteiger partial charge on any atom is -0.486 e. The number of nitrogens with zero attached hydrogens (tertiary/aromatic N) is 1. The number of aldehydes is 1. The third-order valence-electron chi connectivity index (χ3n) is 2.39. The zero-order valence-corrected chi connectivity index (χ0v) is 7.77. The van der Waals surface area contributed by atoms with Crippen molar-refractivity contribution in [1.29, 1.82) is 0 Å². The Morgan fingerprint density at radius 2 is 2.33 bits per heavy atom. The van der Waals surface area contributed by atoms with E-state index in [1.54, 1.807) is 12.1 Å². The van der Waals surface area contributed by atoms with E-state index in [1.165, 1.54) is 6.39 Å². The Morgan fingerprint density at radius 3 is 3.20 bits per heavy atom. The second-order valence-electron chi connectivity index (χ2n) is 3.29. The molecular weight excluding hydrogens is 194 g/mol. The van der Waals surface area contributed by atoms with E-state index < -0.39 is 0 Å². The van der Waals surface area contributed by atoms with Crippen LogP contribution in [-0.4, -0.2) is 11.3 Å². The van der Waals surface area contributed by atoms with Crippen LogP contribution < -0.4 is 4.74 Å². The summed E-state index contributed by atoms with van der Waals surface area (Å²) < 4.78 is 10.7. The molecular formula is C11H7NO3. The van der Waals surface area contributed by atoms with Gasteiger partial charge in [0.1, 0.15) is 24.3 Å². The summed E-state index contributed by atoms with van der Waals surface area (Å²) in [5.41, 5.74) is 2.23. The third kappa shape index (κ3) is 1.15. The summed E-state index contributed by atoms with van der Waals surface area (Å²) in [6.07, 6.45) is 2.19. The molecule has 0 radical (unpaired) electrons. The maximum Gasteiger partial charge on any atom is 0.181 e. The van der Waals surface area contributed by atoms with E-state index in [0.717, 1.165) is 23.3 Å². The van der Waals surface area contributed by atoms with Crippen LogP contribution in [0.2, 0.25) is 0 Å². The summed E-state index contributed by atoms with van der Waals surface area (Å²) in [5, 5.41) is 0. The molecule has 15 heavy (non-hydrogen) atoms. The third-order valence-corrected chi connectivity index (χ3v) is 2.39. The van der Waals surface area contributed by atoms with Crippen LogP contribution in [-0.2, 0) is 6.61 Å². The molecule has 2 heterocycles. The summed E-state index contributed by atoms with van der Waals surface area (Å²) in [6, 6.07) is 5.24. The molecule has 1 aromatic carbocycles. The largest absolute Gasteiger partial charge is 0.486 e. The summed E-state index contributed by atoms with van der Waals surface area (Å²) in [7, 11) is 0. The highest BCUT2D eigenvalue weighted by atomic mass is 16.5. The second kappa shape index (κ2) is 2.95. The van der Waals surface area contributed by atoms with Gasteiger partial charge in [-0.2, -0.15) is 0 Å². The molecule has 0 aliphatic carbocycles. The topological polar surface area (TPSA) is 52.3 Å². The summed E-state index contributed by atoms with van der Waals surface area (Å²) in [4.78, 5) is 14.6. The highest BCUT2D eigenvalue weighted by molar-refractivity contribution is 5.80. The van der Waals surface area contributed by atoms with Gasteiger partial charge in [-0.15, -0.1) is 0 Å². The zero-order valence-electron chi connectivity index (χ0n) is 7.77. The molecule has 0 N–H and O–H groups in total. The molecule has 0 bridgehead atoms. The Hall–Kier alpha value is -2.10. The highest BCUT2D eigenvalue weighted by Crippen LogP contribution is 2.37. The van der Waals surface area contributed by atoms with Crippen molar-refractivity contribution in [2.24, 2.45) is 0 Å². The molecule has 0 saturated heterocycles. The number of fused-ring (bicyclic) bond motifs is 3. The van der Waals surface area contributed by atoms with Gasteiger partial charge in [0.15, 0.2) is 12.2 Å². The molecule has 2 aromatic rings. The van der Waals surface area contributed by atoms with Gasteiger partial charge in [0.2, 0.25) is 0 Å². The van der Waals surface area contributed by atoms with Crippen molar-refractivity contribution in [2.45, 2.75) is 6.61 Å². The first-order valence-corrected chi connectivity index (χ1v) is 4.53. The Bertz CT molecular complexity index is 530. The molecule has 0 spiro atoms. The van der Waals surface area contributed by atoms with Gasteiger partial charge >= 0.3 is 0 Å². The van der Waals surface area contributed by atoms with Crippen LogP contribution >= 0.6 is 0 Å². The lowest BCUT2D eigenvalue weighted by Crippen LogP contribution is -2.04. The van der Waals surface area contributed by atoms with E-state index in [4.69, 9.17) is 9.15 Å². The molecule has 0 amide bonds. The minimum absolute atomic E-state index is 0.390. The van der Waals surface area contributed by atoms with Crippen LogP contribution in [0.25, 0.3) is 11.3 Å². The van der Waals surface area contributed by atoms with E-state index in [2.05, 4.69) is 4.98 Å². The van der Waals surface area contributed by atoms with Gasteiger partial charge in [-0.3, -0.25) is 4.79 Å². The predicted octanol–water partition coefficient (Wildman–Crippen LogP) is 2.05. The first-order valence-electron chi connectivity index (χ1n) is 4.53. The van der Waals surface area contributed by atoms with Gasteiger partial charge in [-0.1, -0.05) is 6.07 Å². The van der Waals surface area contributed by atoms with Gasteiger partial charge in [0, 0.05) is 5.56 Å². The maximum absolute atomic E-state index is 10.6. The number of benzene rings is 1. The van der Waals surface area contributed by atoms with Gasteiger partial charge in [0.05, 0.1) is 5.56 Å². The van der Waals surface area contributed by atoms with E-state index >= 15 is 0 Å². The number of rotatable bonds is 1. The molecule has 74 valence electrons. The standard InChI is InChI=1S/C11H7NO3/c13-4-7-1-2-8-10(3-7)14-5-9-11(8)15-6-12-9/h1-4,6H,5H2. The zero-order chi connectivity index (χ0) is 10.3. The van der Waals surface area contributed by atoms with Crippen LogP contribution in [0.1, 0.15) is 16.1 Å². The number of ether oxygens (including phenoxy) is 1. The molecule has 4 heteroatoms. The summed E-state index contributed by atoms with van der Waals surface area (Å²) in [5.74, 6) is 1.40. The number of aromatic nitrogens is 1. The SMILES string of the molecule is O=Cc1ccc2c(c1)OCc1ncoc1-2. The predicted molar refractivity (Wildman–Crippen MR) is 51.7 cm³/mol. The fourth-order valence-corrected chi connectivity index (χ4v) is 1.66. The fraction of sp³-hybridized carbons (Fsp3) is 0.0909. The van der Waals surface area contributed by atoms with E-state index in [1.807, 2.05) is 6.07 Å². The van der Waals surface area contributed by atoms with Crippen LogP contribution in [0.4, 0.5) is 0 Å². The number of hydrogen-bond acceptors (Lipinski definition) is 4. The molecule has 1 aliphatic rings. The Morgan fingerprint density at radius 1 is 1.40 bits per heavy atom. The average molecular weight is 201 g/mol. The molecule has 1 aliphatic heterocycles. The number of carbonyl (C=O) groups excluding carboxylic acids is 1. The van der Waals surface area contributed by atoms with E-state index in [-0.39, 0.29) is 0 Å². The summed E-state index contributed by atoms with van der Waals surface area (Å²) >= 11 is 0. The van der Waals surface area contributed by atoms with Crippen LogP contribution in [0.3, 0.4) is 0 Å². The monoisotopic (exact) mass is 201 g/mol. The smallest absolute Gasteiger partial charge is 0.181 e. The van der Waals surface area contributed by atoms with Gasteiger partial charge in [0.25, 0.3) is 0 Å². The molecule has 0 atom stereocenters. The number of hydrogen-bond donors (Lipinski definition) is 0. The van der Waals surface area contributed by atoms with Gasteiger partial charge < -0.3 is 9.15 Å². The molecule has 3 rings (SSSR count). The van der Waals surface area contributed by atoms with Crippen molar-refractivity contribution in [3.63, 3.8) is 0 Å². The molecule has 1 aromatic heterocycles. The van der Waals surface area contributed by atoms with Gasteiger partial charge in [-0.25, -0.2) is 4.98 Å². The number of carbonyl (C=O) groups is 1. The van der Waals surface area contributed by atoms with E-state index in [9.17, 15) is 4.79 Å². The molecule has 4 nitrogen and oxygen atoms in total. The van der Waals surface area contributed by atoms with Crippen molar-refractivity contribution < 1.29 is 13.9 Å². The lowest BCUT2D eigenvalue weighted by molar-refractivity contribution is 0.112. The first kappa shape index (κ1) is 8.23. The molecule has 0 saturated carbocycles. The maximum atomic E-state index is 10.6. The van der Waals surface area contributed by atoms with Crippen molar-refractivity contribution in [1.82, 2.24) is 4.98 Å². The quantitative estimate of drug-likeness (QED) is 0.662. The lowest BCUT2D eigenvalue weighted by Gasteiger charge is -2.15. The normalized spacial score (nSPS) is 12.5. The first-order chi connectivity index (χ1) is 7.38. The second-order valence-corrected chi connectivity index (χ2v) is 3.29. The number of oxazole rings is 1. The van der Waals surface area contributed by atoms with Crippen molar-refractivity contribution in [3.8, 4) is 17.1 Å². The van der Waals surface area contributed by atoms with Gasteiger partial charge in [-0.05, 0) is 12.1 Å². The van der Waals surface area contributed by atoms with Crippen LogP contribution in [0, 0.1) is 0 Å². The Kier molecular flexibility index (Phi) is 1.62. The fourth-order valence-electron chi connectivity index (χ4n) is 1.66. The average Bonchev–Trinajstić information content (AvgIpc) is 2.76. The van der Waals surface area contributed by atoms with Crippen molar-refractivity contribution in [2.75, 3.05) is 0 Å². The minimum atomic E-state index is 0.390. The highest BCUT2D eigenvalue weighted by Gasteiger charge is 2.21. The summed E-state index contributed by atoms with van der Waals surface area (Å²) in [6.45, 7) is 0.390. The molecule has 0 unspecified atom stereocenters. The Labute approximate surface area is 85.5 Å². The van der Waals surface area contributed by atoms with Crippen LogP contribution in [0.5, 0.6) is 5.75 Å².